The number of aliphatic hydroxyl groups is 1. The third-order valence-corrected chi connectivity index (χ3v) is 3.87. The maximum absolute atomic E-state index is 12.1. The van der Waals surface area contributed by atoms with Crippen molar-refractivity contribution >= 4 is 17.4 Å². The lowest BCUT2D eigenvalue weighted by molar-refractivity contribution is 0.00796. The summed E-state index contributed by atoms with van der Waals surface area (Å²) < 4.78 is 0. The Bertz CT molecular complexity index is 652. The molecule has 0 saturated carbocycles. The fourth-order valence-corrected chi connectivity index (χ4v) is 2.38. The van der Waals surface area contributed by atoms with Crippen LogP contribution in [0.5, 0.6) is 0 Å². The van der Waals surface area contributed by atoms with Gasteiger partial charge in [0.1, 0.15) is 0 Å². The van der Waals surface area contributed by atoms with Crippen molar-refractivity contribution in [3.8, 4) is 0 Å². The van der Waals surface area contributed by atoms with Gasteiger partial charge in [0, 0.05) is 5.69 Å². The van der Waals surface area contributed by atoms with Crippen molar-refractivity contribution in [1.29, 1.82) is 0 Å². The Hall–Kier alpha value is -2.47. The molecule has 1 aromatic heterocycles. The minimum absolute atomic E-state index is 0.263. The Morgan fingerprint density at radius 2 is 1.95 bits per heavy atom. The first-order chi connectivity index (χ1) is 10.6. The van der Waals surface area contributed by atoms with Crippen LogP contribution in [-0.2, 0) is 0 Å². The zero-order valence-corrected chi connectivity index (χ0v) is 12.4. The van der Waals surface area contributed by atoms with Gasteiger partial charge in [-0.2, -0.15) is 0 Å². The largest absolute Gasteiger partial charge is 0.386 e. The monoisotopic (exact) mass is 298 g/mol. The molecule has 6 nitrogen and oxygen atoms in total. The molecular formula is C16H18N4O2. The smallest absolute Gasteiger partial charge is 0.276 e. The molecule has 3 rings (SSSR count). The molecule has 1 amide bonds. The second kappa shape index (κ2) is 5.73. The van der Waals surface area contributed by atoms with E-state index in [1.54, 1.807) is 12.1 Å². The summed E-state index contributed by atoms with van der Waals surface area (Å²) in [5.74, 6) is 0.383. The Labute approximate surface area is 128 Å². The maximum atomic E-state index is 12.1. The summed E-state index contributed by atoms with van der Waals surface area (Å²) in [6.07, 6.45) is 0.717. The van der Waals surface area contributed by atoms with Crippen LogP contribution >= 0.6 is 0 Å². The van der Waals surface area contributed by atoms with Gasteiger partial charge in [-0.05, 0) is 30.7 Å². The molecular weight excluding hydrogens is 280 g/mol. The molecule has 0 bridgehead atoms. The van der Waals surface area contributed by atoms with E-state index < -0.39 is 5.60 Å². The molecule has 0 radical (unpaired) electrons. The molecule has 2 aromatic rings. The van der Waals surface area contributed by atoms with E-state index in [-0.39, 0.29) is 11.6 Å². The number of nitrogens with one attached hydrogen (secondary N) is 1. The Morgan fingerprint density at radius 3 is 2.55 bits per heavy atom. The van der Waals surface area contributed by atoms with Crippen LogP contribution in [0.3, 0.4) is 0 Å². The second-order valence-corrected chi connectivity index (χ2v) is 5.53. The van der Waals surface area contributed by atoms with Crippen LogP contribution < -0.4 is 10.2 Å². The fraction of sp³-hybridized carbons (Fsp3) is 0.312. The molecule has 114 valence electrons. The van der Waals surface area contributed by atoms with Gasteiger partial charge in [0.15, 0.2) is 11.5 Å². The molecule has 1 fully saturated rings. The minimum atomic E-state index is -0.620. The Kier molecular flexibility index (Phi) is 3.77. The minimum Gasteiger partial charge on any atom is -0.386 e. The van der Waals surface area contributed by atoms with Gasteiger partial charge in [0.2, 0.25) is 0 Å². The van der Waals surface area contributed by atoms with Crippen molar-refractivity contribution in [2.75, 3.05) is 23.3 Å². The average molecular weight is 298 g/mol. The van der Waals surface area contributed by atoms with Crippen LogP contribution in [0.15, 0.2) is 42.5 Å². The summed E-state index contributed by atoms with van der Waals surface area (Å²) in [7, 11) is 0. The molecule has 6 heteroatoms. The van der Waals surface area contributed by atoms with Crippen LogP contribution in [0, 0.1) is 0 Å². The molecule has 1 aliphatic rings. The molecule has 2 heterocycles. The number of rotatable bonds is 4. The number of amides is 1. The lowest BCUT2D eigenvalue weighted by atomic mass is 9.91. The molecule has 0 spiro atoms. The number of carbonyl (C=O) groups excluding carboxylic acids is 1. The molecule has 0 atom stereocenters. The molecule has 0 unspecified atom stereocenters. The summed E-state index contributed by atoms with van der Waals surface area (Å²) in [5, 5.41) is 20.8. The van der Waals surface area contributed by atoms with Crippen molar-refractivity contribution in [2.45, 2.75) is 18.9 Å². The van der Waals surface area contributed by atoms with E-state index >= 15 is 0 Å². The number of nitrogens with zero attached hydrogens (tertiary/aromatic N) is 3. The van der Waals surface area contributed by atoms with Gasteiger partial charge in [-0.1, -0.05) is 25.1 Å². The third kappa shape index (κ3) is 2.92. The van der Waals surface area contributed by atoms with Crippen molar-refractivity contribution in [3.63, 3.8) is 0 Å². The van der Waals surface area contributed by atoms with Gasteiger partial charge < -0.3 is 15.3 Å². The van der Waals surface area contributed by atoms with Gasteiger partial charge >= 0.3 is 0 Å². The van der Waals surface area contributed by atoms with Gasteiger partial charge in [0.05, 0.1) is 18.7 Å². The molecule has 22 heavy (non-hydrogen) atoms. The summed E-state index contributed by atoms with van der Waals surface area (Å²) in [4.78, 5) is 14.0. The summed E-state index contributed by atoms with van der Waals surface area (Å²) >= 11 is 0. The molecule has 1 aromatic carbocycles. The summed E-state index contributed by atoms with van der Waals surface area (Å²) in [6, 6.07) is 12.6. The first-order valence-corrected chi connectivity index (χ1v) is 7.27. The highest BCUT2D eigenvalue weighted by atomic mass is 16.3. The van der Waals surface area contributed by atoms with Crippen LogP contribution in [0.1, 0.15) is 23.8 Å². The SMILES string of the molecule is CCC1(O)CN(c2ccc(C(=O)Nc3ccccc3)nn2)C1. The zero-order valence-electron chi connectivity index (χ0n) is 12.4. The number of hydrogen-bond donors (Lipinski definition) is 2. The number of hydrogen-bond acceptors (Lipinski definition) is 5. The van der Waals surface area contributed by atoms with Crippen molar-refractivity contribution in [3.05, 3.63) is 48.2 Å². The highest BCUT2D eigenvalue weighted by Crippen LogP contribution is 2.28. The van der Waals surface area contributed by atoms with Crippen molar-refractivity contribution in [1.82, 2.24) is 10.2 Å². The number of aromatic nitrogens is 2. The van der Waals surface area contributed by atoms with Gasteiger partial charge in [-0.15, -0.1) is 10.2 Å². The van der Waals surface area contributed by atoms with Crippen molar-refractivity contribution < 1.29 is 9.90 Å². The Morgan fingerprint density at radius 1 is 1.23 bits per heavy atom. The maximum Gasteiger partial charge on any atom is 0.276 e. The topological polar surface area (TPSA) is 78.4 Å². The molecule has 1 saturated heterocycles. The predicted molar refractivity (Wildman–Crippen MR) is 83.9 cm³/mol. The van der Waals surface area contributed by atoms with Crippen molar-refractivity contribution in [2.24, 2.45) is 0 Å². The number of benzene rings is 1. The number of para-hydroxylation sites is 1. The van der Waals surface area contributed by atoms with E-state index in [0.717, 1.165) is 0 Å². The Balaban J connectivity index is 1.63. The van der Waals surface area contributed by atoms with Crippen LogP contribution in [-0.4, -0.2) is 39.9 Å². The predicted octanol–water partition coefficient (Wildman–Crippen LogP) is 1.69. The number of anilines is 2. The van der Waals surface area contributed by atoms with Crippen LogP contribution in [0.25, 0.3) is 0 Å². The summed E-state index contributed by atoms with van der Waals surface area (Å²) in [5.41, 5.74) is 0.360. The fourth-order valence-electron chi connectivity index (χ4n) is 2.38. The number of β-amino-alcohol motifs (C(OH)–C–C–N with tert-alkyl or cyclic N) is 1. The van der Waals surface area contributed by atoms with Crippen LogP contribution in [0.4, 0.5) is 11.5 Å². The standard InChI is InChI=1S/C16H18N4O2/c1-2-16(22)10-20(11-16)14-9-8-13(18-19-14)15(21)17-12-6-4-3-5-7-12/h3-9,22H,2,10-11H2,1H3,(H,17,21). The first-order valence-electron chi connectivity index (χ1n) is 7.27. The molecule has 0 aliphatic carbocycles. The van der Waals surface area contributed by atoms with Crippen LogP contribution in [0.2, 0.25) is 0 Å². The first kappa shape index (κ1) is 14.5. The van der Waals surface area contributed by atoms with E-state index in [4.69, 9.17) is 0 Å². The summed E-state index contributed by atoms with van der Waals surface area (Å²) in [6.45, 7) is 3.06. The van der Waals surface area contributed by atoms with E-state index in [2.05, 4.69) is 15.5 Å². The van der Waals surface area contributed by atoms with E-state index in [1.165, 1.54) is 0 Å². The average Bonchev–Trinajstić information content (AvgIpc) is 2.53. The lowest BCUT2D eigenvalue weighted by Crippen LogP contribution is -2.61. The zero-order chi connectivity index (χ0) is 15.6. The molecule has 2 N–H and O–H groups in total. The normalized spacial score (nSPS) is 16.0. The third-order valence-electron chi connectivity index (χ3n) is 3.87. The van der Waals surface area contributed by atoms with Gasteiger partial charge in [-0.3, -0.25) is 4.79 Å². The molecule has 1 aliphatic heterocycles. The van der Waals surface area contributed by atoms with E-state index in [0.29, 0.717) is 31.0 Å². The quantitative estimate of drug-likeness (QED) is 0.898. The second-order valence-electron chi connectivity index (χ2n) is 5.53. The number of carbonyl (C=O) groups is 1. The highest BCUT2D eigenvalue weighted by molar-refractivity contribution is 6.02. The van der Waals surface area contributed by atoms with Gasteiger partial charge in [-0.25, -0.2) is 0 Å². The van der Waals surface area contributed by atoms with Gasteiger partial charge in [0.25, 0.3) is 5.91 Å². The van der Waals surface area contributed by atoms with E-state index in [1.807, 2.05) is 42.2 Å². The lowest BCUT2D eigenvalue weighted by Gasteiger charge is -2.46. The highest BCUT2D eigenvalue weighted by Gasteiger charge is 2.40. The van der Waals surface area contributed by atoms with E-state index in [9.17, 15) is 9.90 Å².